The topological polar surface area (TPSA) is 13.1 Å². The Kier molecular flexibility index (Phi) is 1.78. The summed E-state index contributed by atoms with van der Waals surface area (Å²) < 4.78 is 5.21. The lowest BCUT2D eigenvalue weighted by Gasteiger charge is -1.89. The van der Waals surface area contributed by atoms with Crippen molar-refractivity contribution in [2.24, 2.45) is 0 Å². The van der Waals surface area contributed by atoms with Gasteiger partial charge in [-0.05, 0) is 23.6 Å². The Morgan fingerprint density at radius 2 is 2.27 bits per heavy atom. The van der Waals surface area contributed by atoms with Crippen molar-refractivity contribution in [3.63, 3.8) is 0 Å². The first-order valence-corrected chi connectivity index (χ1v) is 4.38. The molecule has 2 rings (SSSR count). The first-order chi connectivity index (χ1) is 5.45. The van der Waals surface area contributed by atoms with Crippen molar-refractivity contribution in [1.82, 2.24) is 0 Å². The fraction of sp³-hybridized carbons (Fsp3) is 0.111. The van der Waals surface area contributed by atoms with Gasteiger partial charge in [0, 0.05) is 11.3 Å². The molecule has 2 aromatic rings. The van der Waals surface area contributed by atoms with Gasteiger partial charge >= 0.3 is 0 Å². The molecule has 0 bridgehead atoms. The fourth-order valence-corrected chi connectivity index (χ4v) is 1.71. The first kappa shape index (κ1) is 6.68. The van der Waals surface area contributed by atoms with Crippen molar-refractivity contribution in [2.75, 3.05) is 0 Å². The second-order valence-electron chi connectivity index (χ2n) is 2.34. The number of hydrogen-bond donors (Lipinski definition) is 0. The van der Waals surface area contributed by atoms with Gasteiger partial charge in [0.25, 0.3) is 0 Å². The summed E-state index contributed by atoms with van der Waals surface area (Å²) in [4.78, 5) is 1.35. The van der Waals surface area contributed by atoms with E-state index in [1.54, 1.807) is 17.6 Å². The third kappa shape index (κ3) is 1.52. The van der Waals surface area contributed by atoms with Crippen molar-refractivity contribution >= 4 is 11.3 Å². The van der Waals surface area contributed by atoms with E-state index in [0.717, 1.165) is 12.2 Å². The SMILES string of the molecule is c1coc(Cc2cccs2)c1. The highest BCUT2D eigenvalue weighted by Gasteiger charge is 1.97. The van der Waals surface area contributed by atoms with Gasteiger partial charge in [0.15, 0.2) is 0 Å². The number of thiophene rings is 1. The van der Waals surface area contributed by atoms with E-state index < -0.39 is 0 Å². The van der Waals surface area contributed by atoms with Crippen LogP contribution in [0, 0.1) is 0 Å². The monoisotopic (exact) mass is 164 g/mol. The summed E-state index contributed by atoms with van der Waals surface area (Å²) in [6.45, 7) is 0. The molecule has 0 saturated carbocycles. The van der Waals surface area contributed by atoms with Crippen LogP contribution in [0.5, 0.6) is 0 Å². The standard InChI is InChI=1S/C9H8OS/c1-3-8(10-5-1)7-9-4-2-6-11-9/h1-6H,7H2. The van der Waals surface area contributed by atoms with E-state index >= 15 is 0 Å². The molecule has 11 heavy (non-hydrogen) atoms. The lowest BCUT2D eigenvalue weighted by atomic mass is 10.3. The zero-order valence-electron chi connectivity index (χ0n) is 5.99. The number of rotatable bonds is 2. The maximum atomic E-state index is 5.21. The molecule has 0 radical (unpaired) electrons. The van der Waals surface area contributed by atoms with Crippen LogP contribution in [0.2, 0.25) is 0 Å². The third-order valence-electron chi connectivity index (χ3n) is 1.51. The van der Waals surface area contributed by atoms with E-state index in [1.165, 1.54) is 4.88 Å². The van der Waals surface area contributed by atoms with Crippen LogP contribution >= 0.6 is 11.3 Å². The molecule has 0 amide bonds. The average Bonchev–Trinajstić information content (AvgIpc) is 2.60. The Labute approximate surface area is 69.3 Å². The molecule has 0 saturated heterocycles. The van der Waals surface area contributed by atoms with Gasteiger partial charge in [0.1, 0.15) is 5.76 Å². The lowest BCUT2D eigenvalue weighted by molar-refractivity contribution is 0.522. The molecule has 56 valence electrons. The van der Waals surface area contributed by atoms with Crippen LogP contribution in [0.15, 0.2) is 40.3 Å². The van der Waals surface area contributed by atoms with Crippen molar-refractivity contribution in [2.45, 2.75) is 6.42 Å². The van der Waals surface area contributed by atoms with Crippen LogP contribution in [0.25, 0.3) is 0 Å². The summed E-state index contributed by atoms with van der Waals surface area (Å²) in [5.41, 5.74) is 0. The lowest BCUT2D eigenvalue weighted by Crippen LogP contribution is -1.77. The molecular formula is C9H8OS. The van der Waals surface area contributed by atoms with Crippen LogP contribution in [-0.2, 0) is 6.42 Å². The summed E-state index contributed by atoms with van der Waals surface area (Å²) in [5.74, 6) is 1.03. The van der Waals surface area contributed by atoms with Crippen molar-refractivity contribution in [3.8, 4) is 0 Å². The zero-order chi connectivity index (χ0) is 7.52. The van der Waals surface area contributed by atoms with Gasteiger partial charge in [-0.1, -0.05) is 6.07 Å². The third-order valence-corrected chi connectivity index (χ3v) is 2.39. The normalized spacial score (nSPS) is 10.2. The predicted molar refractivity (Wildman–Crippen MR) is 45.8 cm³/mol. The van der Waals surface area contributed by atoms with Gasteiger partial charge < -0.3 is 4.42 Å². The molecule has 0 unspecified atom stereocenters. The molecule has 2 heteroatoms. The van der Waals surface area contributed by atoms with E-state index in [1.807, 2.05) is 12.1 Å². The van der Waals surface area contributed by atoms with Gasteiger partial charge in [-0.3, -0.25) is 0 Å². The summed E-state index contributed by atoms with van der Waals surface area (Å²) in [5, 5.41) is 2.08. The first-order valence-electron chi connectivity index (χ1n) is 3.50. The van der Waals surface area contributed by atoms with E-state index in [9.17, 15) is 0 Å². The zero-order valence-corrected chi connectivity index (χ0v) is 6.80. The van der Waals surface area contributed by atoms with Gasteiger partial charge in [-0.15, -0.1) is 11.3 Å². The number of hydrogen-bond acceptors (Lipinski definition) is 2. The molecule has 0 aliphatic carbocycles. The molecule has 0 fully saturated rings. The van der Waals surface area contributed by atoms with Gasteiger partial charge in [0.2, 0.25) is 0 Å². The summed E-state index contributed by atoms with van der Waals surface area (Å²) in [6.07, 6.45) is 2.63. The van der Waals surface area contributed by atoms with E-state index in [4.69, 9.17) is 4.42 Å². The van der Waals surface area contributed by atoms with Gasteiger partial charge in [-0.25, -0.2) is 0 Å². The Morgan fingerprint density at radius 3 is 2.91 bits per heavy atom. The highest BCUT2D eigenvalue weighted by molar-refractivity contribution is 7.09. The highest BCUT2D eigenvalue weighted by Crippen LogP contribution is 2.14. The minimum atomic E-state index is 0.921. The van der Waals surface area contributed by atoms with Crippen LogP contribution in [0.3, 0.4) is 0 Å². The molecule has 0 spiro atoms. The van der Waals surface area contributed by atoms with Crippen LogP contribution < -0.4 is 0 Å². The molecule has 2 aromatic heterocycles. The molecule has 1 nitrogen and oxygen atoms in total. The van der Waals surface area contributed by atoms with Crippen LogP contribution in [-0.4, -0.2) is 0 Å². The molecule has 0 aliphatic rings. The smallest absolute Gasteiger partial charge is 0.108 e. The maximum absolute atomic E-state index is 5.21. The Balaban J connectivity index is 2.14. The highest BCUT2D eigenvalue weighted by atomic mass is 32.1. The van der Waals surface area contributed by atoms with Crippen molar-refractivity contribution in [1.29, 1.82) is 0 Å². The van der Waals surface area contributed by atoms with E-state index in [-0.39, 0.29) is 0 Å². The summed E-state index contributed by atoms with van der Waals surface area (Å²) >= 11 is 1.76. The largest absolute Gasteiger partial charge is 0.469 e. The second kappa shape index (κ2) is 2.93. The number of furan rings is 1. The minimum Gasteiger partial charge on any atom is -0.469 e. The Hall–Kier alpha value is -1.02. The Bertz CT molecular complexity index is 262. The molecule has 0 atom stereocenters. The molecule has 2 heterocycles. The molecule has 0 aromatic carbocycles. The molecular weight excluding hydrogens is 156 g/mol. The van der Waals surface area contributed by atoms with Gasteiger partial charge in [-0.2, -0.15) is 0 Å². The van der Waals surface area contributed by atoms with Crippen molar-refractivity contribution in [3.05, 3.63) is 46.5 Å². The second-order valence-corrected chi connectivity index (χ2v) is 3.37. The van der Waals surface area contributed by atoms with Crippen LogP contribution in [0.1, 0.15) is 10.6 Å². The van der Waals surface area contributed by atoms with Crippen LogP contribution in [0.4, 0.5) is 0 Å². The fourth-order valence-electron chi connectivity index (χ4n) is 0.998. The Morgan fingerprint density at radius 1 is 1.27 bits per heavy atom. The summed E-state index contributed by atoms with van der Waals surface area (Å²) in [6, 6.07) is 8.10. The van der Waals surface area contributed by atoms with Gasteiger partial charge in [0.05, 0.1) is 6.26 Å². The van der Waals surface area contributed by atoms with E-state index in [2.05, 4.69) is 17.5 Å². The predicted octanol–water partition coefficient (Wildman–Crippen LogP) is 2.93. The minimum absolute atomic E-state index is 0.921. The molecule has 0 aliphatic heterocycles. The summed E-state index contributed by atoms with van der Waals surface area (Å²) in [7, 11) is 0. The average molecular weight is 164 g/mol. The molecule has 0 N–H and O–H groups in total. The van der Waals surface area contributed by atoms with E-state index in [0.29, 0.717) is 0 Å². The van der Waals surface area contributed by atoms with Crippen molar-refractivity contribution < 1.29 is 4.42 Å². The quantitative estimate of drug-likeness (QED) is 0.665. The maximum Gasteiger partial charge on any atom is 0.108 e.